The molecule has 1 heterocycles. The van der Waals surface area contributed by atoms with Crippen LogP contribution in [0.4, 0.5) is 13.2 Å². The summed E-state index contributed by atoms with van der Waals surface area (Å²) in [6.07, 6.45) is -3.78. The normalized spacial score (nSPS) is 11.1. The highest BCUT2D eigenvalue weighted by molar-refractivity contribution is 5.91. The van der Waals surface area contributed by atoms with Gasteiger partial charge in [-0.15, -0.1) is 13.2 Å². The molecule has 0 fully saturated rings. The summed E-state index contributed by atoms with van der Waals surface area (Å²) in [5.74, 6) is -1.07. The summed E-state index contributed by atoms with van der Waals surface area (Å²) in [7, 11) is 0. The summed E-state index contributed by atoms with van der Waals surface area (Å²) in [6.45, 7) is -0.504. The molecule has 0 atom stereocenters. The maximum Gasteiger partial charge on any atom is 0.573 e. The van der Waals surface area contributed by atoms with E-state index in [0.29, 0.717) is 18.6 Å². The molecule has 1 aromatic heterocycles. The fourth-order valence-electron chi connectivity index (χ4n) is 2.85. The molecule has 174 valence electrons. The predicted molar refractivity (Wildman–Crippen MR) is 109 cm³/mol. The molecule has 3 rings (SSSR count). The van der Waals surface area contributed by atoms with Crippen LogP contribution in [0, 0.1) is 0 Å². The Labute approximate surface area is 186 Å². The number of nitrogens with one attached hydrogen (secondary N) is 1. The van der Waals surface area contributed by atoms with Gasteiger partial charge < -0.3 is 24.9 Å². The fourth-order valence-corrected chi connectivity index (χ4v) is 2.85. The zero-order valence-corrected chi connectivity index (χ0v) is 17.2. The van der Waals surface area contributed by atoms with E-state index in [1.54, 1.807) is 0 Å². The number of alkyl halides is 3. The van der Waals surface area contributed by atoms with Crippen molar-refractivity contribution in [2.75, 3.05) is 6.61 Å². The predicted octanol–water partition coefficient (Wildman–Crippen LogP) is 3.15. The molecule has 0 saturated carbocycles. The Hall–Kier alpha value is -4.02. The summed E-state index contributed by atoms with van der Waals surface area (Å²) in [6, 6.07) is 14.2. The van der Waals surface area contributed by atoms with Crippen LogP contribution in [-0.4, -0.2) is 29.8 Å². The number of halogens is 3. The highest BCUT2D eigenvalue weighted by atomic mass is 19.4. The van der Waals surface area contributed by atoms with E-state index in [0.717, 1.165) is 17.7 Å². The molecule has 0 spiro atoms. The molecule has 3 N–H and O–H groups in total. The average molecular weight is 463 g/mol. The number of aromatic nitrogens is 1. The molecular weight excluding hydrogens is 443 g/mol. The van der Waals surface area contributed by atoms with Crippen LogP contribution in [0.5, 0.6) is 11.5 Å². The van der Waals surface area contributed by atoms with Crippen LogP contribution < -0.4 is 20.5 Å². The zero-order valence-electron chi connectivity index (χ0n) is 17.2. The van der Waals surface area contributed by atoms with Gasteiger partial charge in [-0.1, -0.05) is 30.3 Å². The van der Waals surface area contributed by atoms with E-state index in [-0.39, 0.29) is 23.9 Å². The van der Waals surface area contributed by atoms with Crippen molar-refractivity contribution in [2.45, 2.75) is 25.7 Å². The minimum absolute atomic E-state index is 0.00703. The molecule has 0 radical (unpaired) electrons. The van der Waals surface area contributed by atoms with Crippen LogP contribution in [0.25, 0.3) is 0 Å². The number of carbonyl (C=O) groups excluding carboxylic acids is 2. The lowest BCUT2D eigenvalue weighted by atomic mass is 10.1. The number of benzene rings is 2. The molecule has 8 nitrogen and oxygen atoms in total. The smallest absolute Gasteiger partial charge is 0.484 e. The number of rotatable bonds is 10. The first kappa shape index (κ1) is 23.6. The number of oxazole rings is 1. The third kappa shape index (κ3) is 7.56. The minimum atomic E-state index is -4.79. The zero-order chi connectivity index (χ0) is 23.8. The lowest BCUT2D eigenvalue weighted by molar-refractivity contribution is -0.274. The molecular formula is C22H20F3N3O5. The number of hydrogen-bond acceptors (Lipinski definition) is 6. The first-order valence-corrected chi connectivity index (χ1v) is 9.77. The number of hydrogen-bond donors (Lipinski definition) is 2. The van der Waals surface area contributed by atoms with E-state index >= 15 is 0 Å². The Kier molecular flexibility index (Phi) is 7.54. The van der Waals surface area contributed by atoms with E-state index in [9.17, 15) is 22.8 Å². The standard InChI is InChI=1S/C22H20F3N3O5/c23-22(24,25)33-16-9-7-15(8-10-16)31-13-18(29)27-12-19-28-20(21(26)30)17(32-19)11-6-14-4-2-1-3-5-14/h1-5,7-10H,6,11-13H2,(H2,26,30)(H,27,29). The third-order valence-corrected chi connectivity index (χ3v) is 4.32. The summed E-state index contributed by atoms with van der Waals surface area (Å²) in [5.41, 5.74) is 6.43. The van der Waals surface area contributed by atoms with Gasteiger partial charge in [-0.3, -0.25) is 9.59 Å². The minimum Gasteiger partial charge on any atom is -0.484 e. The summed E-state index contributed by atoms with van der Waals surface area (Å²) in [4.78, 5) is 27.7. The van der Waals surface area contributed by atoms with Crippen molar-refractivity contribution in [1.82, 2.24) is 10.3 Å². The van der Waals surface area contributed by atoms with Gasteiger partial charge in [0.15, 0.2) is 12.3 Å². The van der Waals surface area contributed by atoms with Crippen molar-refractivity contribution in [3.63, 3.8) is 0 Å². The Balaban J connectivity index is 1.49. The van der Waals surface area contributed by atoms with Crippen molar-refractivity contribution in [3.05, 3.63) is 77.5 Å². The Morgan fingerprint density at radius 2 is 1.67 bits per heavy atom. The van der Waals surface area contributed by atoms with Crippen molar-refractivity contribution in [3.8, 4) is 11.5 Å². The second-order valence-electron chi connectivity index (χ2n) is 6.81. The molecule has 33 heavy (non-hydrogen) atoms. The van der Waals surface area contributed by atoms with Gasteiger partial charge in [-0.05, 0) is 36.2 Å². The fraction of sp³-hybridized carbons (Fsp3) is 0.227. The van der Waals surface area contributed by atoms with Gasteiger partial charge in [0.25, 0.3) is 11.8 Å². The highest BCUT2D eigenvalue weighted by Gasteiger charge is 2.31. The average Bonchev–Trinajstić information content (AvgIpc) is 3.19. The van der Waals surface area contributed by atoms with E-state index in [1.807, 2.05) is 30.3 Å². The van der Waals surface area contributed by atoms with Crippen molar-refractivity contribution in [2.24, 2.45) is 5.73 Å². The molecule has 0 bridgehead atoms. The molecule has 2 amide bonds. The van der Waals surface area contributed by atoms with Crippen LogP contribution in [0.15, 0.2) is 59.0 Å². The third-order valence-electron chi connectivity index (χ3n) is 4.32. The second-order valence-corrected chi connectivity index (χ2v) is 6.81. The van der Waals surface area contributed by atoms with Crippen LogP contribution in [0.3, 0.4) is 0 Å². The van der Waals surface area contributed by atoms with Crippen LogP contribution in [0.1, 0.15) is 27.7 Å². The first-order chi connectivity index (χ1) is 15.7. The number of nitrogens with zero attached hydrogens (tertiary/aromatic N) is 1. The van der Waals surface area contributed by atoms with Crippen molar-refractivity contribution < 1.29 is 36.7 Å². The second kappa shape index (κ2) is 10.5. The molecule has 3 aromatic rings. The molecule has 0 aliphatic carbocycles. The topological polar surface area (TPSA) is 117 Å². The number of primary amides is 1. The molecule has 0 unspecified atom stereocenters. The first-order valence-electron chi connectivity index (χ1n) is 9.77. The quantitative estimate of drug-likeness (QED) is 0.477. The van der Waals surface area contributed by atoms with Crippen LogP contribution in [0.2, 0.25) is 0 Å². The lowest BCUT2D eigenvalue weighted by Crippen LogP contribution is -2.28. The monoisotopic (exact) mass is 463 g/mol. The van der Waals surface area contributed by atoms with Gasteiger partial charge in [0.05, 0.1) is 6.54 Å². The molecule has 0 aliphatic rings. The van der Waals surface area contributed by atoms with E-state index in [4.69, 9.17) is 14.9 Å². The van der Waals surface area contributed by atoms with Gasteiger partial charge >= 0.3 is 6.36 Å². The van der Waals surface area contributed by atoms with E-state index in [2.05, 4.69) is 15.0 Å². The Morgan fingerprint density at radius 1 is 1.00 bits per heavy atom. The SMILES string of the molecule is NC(=O)c1nc(CNC(=O)COc2ccc(OC(F)(F)F)cc2)oc1CCc1ccccc1. The maximum atomic E-state index is 12.2. The maximum absolute atomic E-state index is 12.2. The summed E-state index contributed by atoms with van der Waals surface area (Å²) >= 11 is 0. The summed E-state index contributed by atoms with van der Waals surface area (Å²) < 4.78 is 51.1. The highest BCUT2D eigenvalue weighted by Crippen LogP contribution is 2.24. The van der Waals surface area contributed by atoms with Gasteiger partial charge in [-0.2, -0.15) is 0 Å². The molecule has 2 aromatic carbocycles. The summed E-state index contributed by atoms with van der Waals surface area (Å²) in [5, 5.41) is 2.52. The van der Waals surface area contributed by atoms with Gasteiger partial charge in [-0.25, -0.2) is 4.98 Å². The van der Waals surface area contributed by atoms with Crippen LogP contribution in [-0.2, 0) is 24.2 Å². The molecule has 11 heteroatoms. The van der Waals surface area contributed by atoms with E-state index in [1.165, 1.54) is 12.1 Å². The van der Waals surface area contributed by atoms with Gasteiger partial charge in [0.2, 0.25) is 5.89 Å². The number of carbonyl (C=O) groups is 2. The van der Waals surface area contributed by atoms with Crippen molar-refractivity contribution in [1.29, 1.82) is 0 Å². The molecule has 0 aliphatic heterocycles. The number of nitrogens with two attached hydrogens (primary N) is 1. The Bertz CT molecular complexity index is 1080. The van der Waals surface area contributed by atoms with Crippen molar-refractivity contribution >= 4 is 11.8 Å². The van der Waals surface area contributed by atoms with Gasteiger partial charge in [0, 0.05) is 6.42 Å². The van der Waals surface area contributed by atoms with Gasteiger partial charge in [0.1, 0.15) is 17.3 Å². The number of amides is 2. The number of ether oxygens (including phenoxy) is 2. The van der Waals surface area contributed by atoms with Crippen LogP contribution >= 0.6 is 0 Å². The number of aryl methyl sites for hydroxylation is 2. The largest absolute Gasteiger partial charge is 0.573 e. The lowest BCUT2D eigenvalue weighted by Gasteiger charge is -2.10. The Morgan fingerprint density at radius 3 is 2.30 bits per heavy atom. The molecule has 0 saturated heterocycles. The van der Waals surface area contributed by atoms with E-state index < -0.39 is 30.5 Å².